The Balaban J connectivity index is 2.58. The zero-order chi connectivity index (χ0) is 10.6. The molecule has 0 radical (unpaired) electrons. The summed E-state index contributed by atoms with van der Waals surface area (Å²) < 4.78 is 2.00. The van der Waals surface area contributed by atoms with E-state index in [1.165, 1.54) is 18.5 Å². The molecule has 1 rings (SSSR count). The van der Waals surface area contributed by atoms with Crippen LogP contribution in [0.3, 0.4) is 0 Å². The van der Waals surface area contributed by atoms with Crippen molar-refractivity contribution in [2.75, 3.05) is 11.9 Å². The first-order valence-corrected chi connectivity index (χ1v) is 5.44. The van der Waals surface area contributed by atoms with Gasteiger partial charge in [0.05, 0.1) is 11.4 Å². The van der Waals surface area contributed by atoms with Gasteiger partial charge in [0.25, 0.3) is 0 Å². The summed E-state index contributed by atoms with van der Waals surface area (Å²) in [6.45, 7) is 9.57. The first-order valence-electron chi connectivity index (χ1n) is 5.44. The van der Waals surface area contributed by atoms with E-state index in [0.29, 0.717) is 6.04 Å². The van der Waals surface area contributed by atoms with Gasteiger partial charge in [0.2, 0.25) is 0 Å². The van der Waals surface area contributed by atoms with Crippen LogP contribution in [-0.2, 0) is 0 Å². The monoisotopic (exact) mass is 195 g/mol. The SMILES string of the molecule is CCCCNc1cn(C(C)C)nc1C. The molecule has 0 saturated carbocycles. The first kappa shape index (κ1) is 11.1. The quantitative estimate of drug-likeness (QED) is 0.732. The van der Waals surface area contributed by atoms with Gasteiger partial charge in [-0.05, 0) is 27.2 Å². The van der Waals surface area contributed by atoms with E-state index in [2.05, 4.69) is 37.4 Å². The molecule has 3 nitrogen and oxygen atoms in total. The number of aryl methyl sites for hydroxylation is 1. The third-order valence-electron chi connectivity index (χ3n) is 2.29. The van der Waals surface area contributed by atoms with Crippen LogP contribution in [0.5, 0.6) is 0 Å². The molecule has 0 saturated heterocycles. The second kappa shape index (κ2) is 5.03. The summed E-state index contributed by atoms with van der Waals surface area (Å²) in [4.78, 5) is 0. The van der Waals surface area contributed by atoms with Crippen LogP contribution in [0.4, 0.5) is 5.69 Å². The van der Waals surface area contributed by atoms with E-state index in [-0.39, 0.29) is 0 Å². The summed E-state index contributed by atoms with van der Waals surface area (Å²) in [5, 5.41) is 7.85. The lowest BCUT2D eigenvalue weighted by molar-refractivity contribution is 0.529. The molecule has 1 aromatic rings. The topological polar surface area (TPSA) is 29.9 Å². The molecule has 1 aromatic heterocycles. The van der Waals surface area contributed by atoms with Crippen molar-refractivity contribution in [2.45, 2.75) is 46.6 Å². The van der Waals surface area contributed by atoms with E-state index in [1.54, 1.807) is 0 Å². The predicted octanol–water partition coefficient (Wildman–Crippen LogP) is 2.98. The van der Waals surface area contributed by atoms with E-state index < -0.39 is 0 Å². The van der Waals surface area contributed by atoms with Gasteiger partial charge in [0.1, 0.15) is 0 Å². The molecule has 0 aliphatic rings. The van der Waals surface area contributed by atoms with Crippen LogP contribution in [0.1, 0.15) is 45.3 Å². The summed E-state index contributed by atoms with van der Waals surface area (Å²) >= 11 is 0. The third kappa shape index (κ3) is 2.76. The minimum atomic E-state index is 0.440. The number of anilines is 1. The van der Waals surface area contributed by atoms with Crippen LogP contribution in [0, 0.1) is 6.92 Å². The summed E-state index contributed by atoms with van der Waals surface area (Å²) in [5.74, 6) is 0. The van der Waals surface area contributed by atoms with Gasteiger partial charge in [-0.3, -0.25) is 4.68 Å². The Hall–Kier alpha value is -0.990. The van der Waals surface area contributed by atoms with Crippen LogP contribution in [0.25, 0.3) is 0 Å². The Kier molecular flexibility index (Phi) is 3.98. The van der Waals surface area contributed by atoms with Crippen LogP contribution in [-0.4, -0.2) is 16.3 Å². The van der Waals surface area contributed by atoms with Crippen molar-refractivity contribution in [2.24, 2.45) is 0 Å². The standard InChI is InChI=1S/C11H21N3/c1-5-6-7-12-11-8-14(9(2)3)13-10(11)4/h8-9,12H,5-7H2,1-4H3. The smallest absolute Gasteiger partial charge is 0.0825 e. The molecule has 0 aliphatic heterocycles. The first-order chi connectivity index (χ1) is 6.65. The highest BCUT2D eigenvalue weighted by atomic mass is 15.3. The van der Waals surface area contributed by atoms with Gasteiger partial charge in [-0.2, -0.15) is 5.10 Å². The van der Waals surface area contributed by atoms with Crippen LogP contribution in [0.15, 0.2) is 6.20 Å². The fourth-order valence-corrected chi connectivity index (χ4v) is 1.32. The average molecular weight is 195 g/mol. The molecular formula is C11H21N3. The Bertz CT molecular complexity index is 276. The molecule has 0 amide bonds. The van der Waals surface area contributed by atoms with E-state index in [0.717, 1.165) is 12.2 Å². The Morgan fingerprint density at radius 2 is 2.21 bits per heavy atom. The zero-order valence-electron chi connectivity index (χ0n) is 9.67. The van der Waals surface area contributed by atoms with Gasteiger partial charge in [-0.15, -0.1) is 0 Å². The van der Waals surface area contributed by atoms with Crippen molar-refractivity contribution >= 4 is 5.69 Å². The number of rotatable bonds is 5. The lowest BCUT2D eigenvalue weighted by Crippen LogP contribution is -2.01. The summed E-state index contributed by atoms with van der Waals surface area (Å²) in [6.07, 6.45) is 4.53. The molecule has 0 unspecified atom stereocenters. The van der Waals surface area contributed by atoms with Gasteiger partial charge in [-0.1, -0.05) is 13.3 Å². The van der Waals surface area contributed by atoms with Crippen LogP contribution < -0.4 is 5.32 Å². The van der Waals surface area contributed by atoms with Crippen molar-refractivity contribution in [3.05, 3.63) is 11.9 Å². The maximum absolute atomic E-state index is 4.44. The van der Waals surface area contributed by atoms with Crippen molar-refractivity contribution in [3.63, 3.8) is 0 Å². The number of nitrogens with one attached hydrogen (secondary N) is 1. The number of nitrogens with zero attached hydrogens (tertiary/aromatic N) is 2. The van der Waals surface area contributed by atoms with E-state index >= 15 is 0 Å². The molecule has 1 heterocycles. The third-order valence-corrected chi connectivity index (χ3v) is 2.29. The number of hydrogen-bond acceptors (Lipinski definition) is 2. The van der Waals surface area contributed by atoms with Gasteiger partial charge in [0.15, 0.2) is 0 Å². The Labute approximate surface area is 86.5 Å². The molecule has 0 bridgehead atoms. The highest BCUT2D eigenvalue weighted by Crippen LogP contribution is 2.15. The number of hydrogen-bond donors (Lipinski definition) is 1. The molecule has 80 valence electrons. The molecule has 0 aromatic carbocycles. The van der Waals surface area contributed by atoms with Gasteiger partial charge in [-0.25, -0.2) is 0 Å². The van der Waals surface area contributed by atoms with Gasteiger partial charge in [0, 0.05) is 18.8 Å². The lowest BCUT2D eigenvalue weighted by Gasteiger charge is -2.03. The lowest BCUT2D eigenvalue weighted by atomic mass is 10.3. The second-order valence-electron chi connectivity index (χ2n) is 3.98. The van der Waals surface area contributed by atoms with Crippen molar-refractivity contribution < 1.29 is 0 Å². The molecule has 14 heavy (non-hydrogen) atoms. The minimum Gasteiger partial charge on any atom is -0.382 e. The molecule has 0 fully saturated rings. The maximum atomic E-state index is 4.44. The summed E-state index contributed by atoms with van der Waals surface area (Å²) in [5.41, 5.74) is 2.27. The minimum absolute atomic E-state index is 0.440. The molecule has 0 aliphatic carbocycles. The highest BCUT2D eigenvalue weighted by Gasteiger charge is 2.05. The van der Waals surface area contributed by atoms with Gasteiger partial charge < -0.3 is 5.32 Å². The molecule has 0 spiro atoms. The fraction of sp³-hybridized carbons (Fsp3) is 0.727. The Morgan fingerprint density at radius 1 is 1.50 bits per heavy atom. The molecule has 3 heteroatoms. The molecule has 1 N–H and O–H groups in total. The fourth-order valence-electron chi connectivity index (χ4n) is 1.32. The van der Waals surface area contributed by atoms with Crippen molar-refractivity contribution in [1.82, 2.24) is 9.78 Å². The van der Waals surface area contributed by atoms with E-state index in [1.807, 2.05) is 11.6 Å². The van der Waals surface area contributed by atoms with E-state index in [9.17, 15) is 0 Å². The molecular weight excluding hydrogens is 174 g/mol. The van der Waals surface area contributed by atoms with Crippen molar-refractivity contribution in [1.29, 1.82) is 0 Å². The number of unbranched alkanes of at least 4 members (excludes halogenated alkanes) is 1. The predicted molar refractivity (Wildman–Crippen MR) is 60.7 cm³/mol. The zero-order valence-corrected chi connectivity index (χ0v) is 9.67. The van der Waals surface area contributed by atoms with E-state index in [4.69, 9.17) is 0 Å². The maximum Gasteiger partial charge on any atom is 0.0825 e. The van der Waals surface area contributed by atoms with Gasteiger partial charge >= 0.3 is 0 Å². The van der Waals surface area contributed by atoms with Crippen LogP contribution >= 0.6 is 0 Å². The van der Waals surface area contributed by atoms with Crippen molar-refractivity contribution in [3.8, 4) is 0 Å². The normalized spacial score (nSPS) is 10.9. The average Bonchev–Trinajstić information content (AvgIpc) is 2.49. The largest absolute Gasteiger partial charge is 0.382 e. The summed E-state index contributed by atoms with van der Waals surface area (Å²) in [7, 11) is 0. The molecule has 0 atom stereocenters. The number of aromatic nitrogens is 2. The Morgan fingerprint density at radius 3 is 2.71 bits per heavy atom. The highest BCUT2D eigenvalue weighted by molar-refractivity contribution is 5.45. The summed E-state index contributed by atoms with van der Waals surface area (Å²) in [6, 6.07) is 0.440. The van der Waals surface area contributed by atoms with Crippen LogP contribution in [0.2, 0.25) is 0 Å². The second-order valence-corrected chi connectivity index (χ2v) is 3.98.